The molecule has 18 heavy (non-hydrogen) atoms. The van der Waals surface area contributed by atoms with Crippen LogP contribution in [0.15, 0.2) is 23.4 Å². The van der Waals surface area contributed by atoms with E-state index in [0.29, 0.717) is 6.42 Å². The summed E-state index contributed by atoms with van der Waals surface area (Å²) in [5.41, 5.74) is 8.25. The van der Waals surface area contributed by atoms with Gasteiger partial charge in [0.15, 0.2) is 5.16 Å². The summed E-state index contributed by atoms with van der Waals surface area (Å²) in [6.45, 7) is 3.80. The average Bonchev–Trinajstić information content (AvgIpc) is 2.70. The number of nitrogens with two attached hydrogens (primary N) is 1. The van der Waals surface area contributed by atoms with Gasteiger partial charge in [-0.1, -0.05) is 17.8 Å². The van der Waals surface area contributed by atoms with E-state index in [1.54, 1.807) is 18.7 Å². The molecular weight excluding hydrogens is 244 g/mol. The highest BCUT2D eigenvalue weighted by Gasteiger charge is 2.16. The van der Waals surface area contributed by atoms with Gasteiger partial charge >= 0.3 is 0 Å². The van der Waals surface area contributed by atoms with Gasteiger partial charge in [0.1, 0.15) is 5.54 Å². The van der Waals surface area contributed by atoms with Crippen LogP contribution in [-0.2, 0) is 0 Å². The lowest BCUT2D eigenvalue weighted by Crippen LogP contribution is -2.34. The maximum absolute atomic E-state index is 8.83. The average molecular weight is 260 g/mol. The summed E-state index contributed by atoms with van der Waals surface area (Å²) in [5.74, 6) is 0.777. The molecule has 0 spiro atoms. The molecule has 0 saturated carbocycles. The highest BCUT2D eigenvalue weighted by Crippen LogP contribution is 2.22. The van der Waals surface area contributed by atoms with Crippen molar-refractivity contribution in [3.63, 3.8) is 0 Å². The first-order valence-electron chi connectivity index (χ1n) is 5.79. The number of nitrogens with zero attached hydrogens (tertiary/aromatic N) is 2. The summed E-state index contributed by atoms with van der Waals surface area (Å²) < 4.78 is 0. The van der Waals surface area contributed by atoms with Gasteiger partial charge in [-0.3, -0.25) is 0 Å². The fourth-order valence-electron chi connectivity index (χ4n) is 1.58. The van der Waals surface area contributed by atoms with Crippen LogP contribution in [0.1, 0.15) is 18.9 Å². The Hall–Kier alpha value is -1.51. The number of fused-ring (bicyclic) bond motifs is 1. The Morgan fingerprint density at radius 3 is 3.06 bits per heavy atom. The Morgan fingerprint density at radius 1 is 1.56 bits per heavy atom. The van der Waals surface area contributed by atoms with Gasteiger partial charge in [0.25, 0.3) is 0 Å². The normalized spacial score (nSPS) is 14.3. The molecule has 0 amide bonds. The molecule has 1 heterocycles. The predicted octanol–water partition coefficient (Wildman–Crippen LogP) is 2.59. The van der Waals surface area contributed by atoms with Crippen molar-refractivity contribution in [2.75, 3.05) is 5.75 Å². The second kappa shape index (κ2) is 5.01. The molecule has 0 bridgehead atoms. The van der Waals surface area contributed by atoms with E-state index < -0.39 is 5.54 Å². The molecule has 0 aliphatic carbocycles. The van der Waals surface area contributed by atoms with Crippen molar-refractivity contribution in [2.24, 2.45) is 5.73 Å². The maximum atomic E-state index is 8.83. The summed E-state index contributed by atoms with van der Waals surface area (Å²) in [6, 6.07) is 8.23. The largest absolute Gasteiger partial charge is 0.333 e. The van der Waals surface area contributed by atoms with Crippen molar-refractivity contribution in [1.29, 1.82) is 5.26 Å². The molecule has 1 atom stereocenters. The fourth-order valence-corrected chi connectivity index (χ4v) is 2.65. The minimum atomic E-state index is -0.754. The van der Waals surface area contributed by atoms with Gasteiger partial charge in [-0.15, -0.1) is 0 Å². The molecular formula is C13H16N4S. The van der Waals surface area contributed by atoms with E-state index in [0.717, 1.165) is 21.9 Å². The maximum Gasteiger partial charge on any atom is 0.166 e. The summed E-state index contributed by atoms with van der Waals surface area (Å²) in [7, 11) is 0. The van der Waals surface area contributed by atoms with Gasteiger partial charge in [-0.25, -0.2) is 4.98 Å². The predicted molar refractivity (Wildman–Crippen MR) is 74.4 cm³/mol. The van der Waals surface area contributed by atoms with Crippen molar-refractivity contribution in [3.8, 4) is 6.07 Å². The van der Waals surface area contributed by atoms with Crippen molar-refractivity contribution in [3.05, 3.63) is 23.8 Å². The molecule has 2 aromatic rings. The molecule has 5 heteroatoms. The molecule has 1 aromatic heterocycles. The van der Waals surface area contributed by atoms with E-state index in [-0.39, 0.29) is 0 Å². The van der Waals surface area contributed by atoms with Crippen LogP contribution in [0.25, 0.3) is 11.0 Å². The van der Waals surface area contributed by atoms with Crippen molar-refractivity contribution >= 4 is 22.8 Å². The van der Waals surface area contributed by atoms with Crippen molar-refractivity contribution < 1.29 is 0 Å². The molecule has 0 fully saturated rings. The number of thioether (sulfide) groups is 1. The zero-order valence-electron chi connectivity index (χ0n) is 10.5. The van der Waals surface area contributed by atoms with Gasteiger partial charge in [0.05, 0.1) is 17.1 Å². The zero-order valence-corrected chi connectivity index (χ0v) is 11.3. The Morgan fingerprint density at radius 2 is 2.33 bits per heavy atom. The van der Waals surface area contributed by atoms with Gasteiger partial charge in [-0.05, 0) is 38.0 Å². The smallest absolute Gasteiger partial charge is 0.166 e. The zero-order chi connectivity index (χ0) is 13.2. The van der Waals surface area contributed by atoms with Crippen molar-refractivity contribution in [1.82, 2.24) is 9.97 Å². The van der Waals surface area contributed by atoms with Crippen LogP contribution >= 0.6 is 11.8 Å². The van der Waals surface area contributed by atoms with Crippen LogP contribution in [0.2, 0.25) is 0 Å². The lowest BCUT2D eigenvalue weighted by molar-refractivity contribution is 0.583. The second-order valence-corrected chi connectivity index (χ2v) is 5.77. The number of H-pyrrole nitrogens is 1. The lowest BCUT2D eigenvalue weighted by atomic mass is 10.0. The molecule has 4 nitrogen and oxygen atoms in total. The minimum Gasteiger partial charge on any atom is -0.333 e. The van der Waals surface area contributed by atoms with Crippen LogP contribution < -0.4 is 5.73 Å². The molecule has 0 radical (unpaired) electrons. The van der Waals surface area contributed by atoms with E-state index in [1.807, 2.05) is 12.1 Å². The molecule has 3 N–H and O–H groups in total. The van der Waals surface area contributed by atoms with Crippen LogP contribution in [0, 0.1) is 18.3 Å². The Kier molecular flexibility index (Phi) is 3.60. The highest BCUT2D eigenvalue weighted by atomic mass is 32.2. The van der Waals surface area contributed by atoms with Crippen LogP contribution in [-0.4, -0.2) is 21.3 Å². The van der Waals surface area contributed by atoms with Gasteiger partial charge < -0.3 is 10.7 Å². The van der Waals surface area contributed by atoms with Gasteiger partial charge in [0.2, 0.25) is 0 Å². The van der Waals surface area contributed by atoms with E-state index in [9.17, 15) is 0 Å². The fraction of sp³-hybridized carbons (Fsp3) is 0.385. The number of nitrogens with one attached hydrogen (secondary N) is 1. The Bertz CT molecular complexity index is 595. The summed E-state index contributed by atoms with van der Waals surface area (Å²) in [6.07, 6.45) is 0.643. The summed E-state index contributed by atoms with van der Waals surface area (Å²) >= 11 is 1.60. The van der Waals surface area contributed by atoms with Gasteiger partial charge in [-0.2, -0.15) is 5.26 Å². The standard InChI is InChI=1S/C13H16N4S/c1-9-3-4-10-11(7-9)17-12(16-10)18-6-5-13(2,15)8-14/h3-4,7H,5-6,15H2,1-2H3,(H,16,17). The number of benzene rings is 1. The molecule has 0 saturated heterocycles. The van der Waals surface area contributed by atoms with Crippen LogP contribution in [0.3, 0.4) is 0 Å². The number of hydrogen-bond donors (Lipinski definition) is 2. The molecule has 1 unspecified atom stereocenters. The number of aryl methyl sites for hydroxylation is 1. The lowest BCUT2D eigenvalue weighted by Gasteiger charge is -2.13. The quantitative estimate of drug-likeness (QED) is 0.828. The third-order valence-electron chi connectivity index (χ3n) is 2.73. The molecule has 1 aromatic carbocycles. The molecule has 0 aliphatic heterocycles. The van der Waals surface area contributed by atoms with E-state index in [4.69, 9.17) is 11.0 Å². The highest BCUT2D eigenvalue weighted by molar-refractivity contribution is 7.99. The number of rotatable bonds is 4. The van der Waals surface area contributed by atoms with Crippen LogP contribution in [0.5, 0.6) is 0 Å². The first-order chi connectivity index (χ1) is 8.50. The number of aromatic amines is 1. The molecule has 0 aliphatic rings. The van der Waals surface area contributed by atoms with E-state index >= 15 is 0 Å². The van der Waals surface area contributed by atoms with E-state index in [1.165, 1.54) is 5.56 Å². The summed E-state index contributed by atoms with van der Waals surface area (Å²) in [4.78, 5) is 7.75. The Labute approximate surface area is 111 Å². The third-order valence-corrected chi connectivity index (χ3v) is 3.61. The minimum absolute atomic E-state index is 0.643. The van der Waals surface area contributed by atoms with E-state index in [2.05, 4.69) is 29.0 Å². The molecule has 2 rings (SSSR count). The molecule has 94 valence electrons. The SMILES string of the molecule is Cc1ccc2nc(SCCC(C)(N)C#N)[nH]c2c1. The second-order valence-electron chi connectivity index (χ2n) is 4.69. The topological polar surface area (TPSA) is 78.5 Å². The number of hydrogen-bond acceptors (Lipinski definition) is 4. The van der Waals surface area contributed by atoms with Crippen molar-refractivity contribution in [2.45, 2.75) is 31.0 Å². The van der Waals surface area contributed by atoms with Crippen LogP contribution in [0.4, 0.5) is 0 Å². The number of aromatic nitrogens is 2. The first-order valence-corrected chi connectivity index (χ1v) is 6.78. The number of imidazole rings is 1. The van der Waals surface area contributed by atoms with Gasteiger partial charge in [0, 0.05) is 5.75 Å². The Balaban J connectivity index is 2.03. The number of nitriles is 1. The third kappa shape index (κ3) is 3.03. The monoisotopic (exact) mass is 260 g/mol. The summed E-state index contributed by atoms with van der Waals surface area (Å²) in [5, 5.41) is 9.71. The first kappa shape index (κ1) is 12.9.